The lowest BCUT2D eigenvalue weighted by Gasteiger charge is -2.21. The second-order valence-corrected chi connectivity index (χ2v) is 14.2. The van der Waals surface area contributed by atoms with E-state index in [1.165, 1.54) is 39.1 Å². The van der Waals surface area contributed by atoms with Crippen molar-refractivity contribution in [1.82, 2.24) is 40.8 Å². The molecule has 1 saturated carbocycles. The molecule has 15 heteroatoms. The second kappa shape index (κ2) is 23.6. The number of nitrogens with one attached hydrogen (secondary N) is 5. The molecule has 6 rings (SSSR count). The number of ether oxygens (including phenoxy) is 2. The van der Waals surface area contributed by atoms with Crippen LogP contribution in [0, 0.1) is 23.7 Å². The van der Waals surface area contributed by atoms with Gasteiger partial charge in [0, 0.05) is 24.2 Å². The number of amides is 3. The van der Waals surface area contributed by atoms with Gasteiger partial charge in [0.2, 0.25) is 5.91 Å². The summed E-state index contributed by atoms with van der Waals surface area (Å²) in [6.07, 6.45) is 8.38. The SMILES string of the molecule is CCC.CCCN(Cc1nc2ccc(C#Cc3ccc(-c4cnc(C5C=C(C6CC6)CN5)[nH]4)cc3)cc2[nH]1)C(=O)CNC(=O)OC.COC(=O)NC(C=O)C(C)C.S. The number of hydrogen-bond acceptors (Lipinski definition) is 9. The zero-order chi connectivity index (χ0) is 41.3. The summed E-state index contributed by atoms with van der Waals surface area (Å²) in [5.74, 6) is 8.78. The van der Waals surface area contributed by atoms with Gasteiger partial charge in [0.15, 0.2) is 0 Å². The van der Waals surface area contributed by atoms with Gasteiger partial charge in [0.25, 0.3) is 0 Å². The van der Waals surface area contributed by atoms with Crippen molar-refractivity contribution in [2.75, 3.05) is 33.9 Å². The van der Waals surface area contributed by atoms with Crippen molar-refractivity contribution < 1.29 is 28.7 Å². The lowest BCUT2D eigenvalue weighted by atomic mass is 10.1. The molecule has 1 fully saturated rings. The molecule has 1 aliphatic heterocycles. The van der Waals surface area contributed by atoms with Crippen molar-refractivity contribution in [2.24, 2.45) is 11.8 Å². The molecule has 14 nitrogen and oxygen atoms in total. The zero-order valence-corrected chi connectivity index (χ0v) is 35.5. The first kappa shape index (κ1) is 46.8. The summed E-state index contributed by atoms with van der Waals surface area (Å²) in [7, 11) is 2.53. The third-order valence-electron chi connectivity index (χ3n) is 9.07. The number of carbonyl (C=O) groups excluding carboxylic acids is 4. The molecule has 5 N–H and O–H groups in total. The van der Waals surface area contributed by atoms with Gasteiger partial charge in [-0.3, -0.25) is 4.79 Å². The smallest absolute Gasteiger partial charge is 0.407 e. The number of carbonyl (C=O) groups is 4. The molecular formula is C43H58N8O6S. The molecule has 4 aromatic rings. The van der Waals surface area contributed by atoms with E-state index in [1.807, 2.05) is 57.3 Å². The minimum Gasteiger partial charge on any atom is -0.453 e. The Morgan fingerprint density at radius 2 is 1.66 bits per heavy atom. The van der Waals surface area contributed by atoms with Gasteiger partial charge in [-0.05, 0) is 67.0 Å². The first-order valence-corrected chi connectivity index (χ1v) is 19.5. The molecule has 3 amide bonds. The van der Waals surface area contributed by atoms with Crippen molar-refractivity contribution in [1.29, 1.82) is 0 Å². The van der Waals surface area contributed by atoms with E-state index in [4.69, 9.17) is 0 Å². The minimum absolute atomic E-state index is 0. The Kier molecular flexibility index (Phi) is 19.0. The Bertz CT molecular complexity index is 2040. The number of hydrogen-bond donors (Lipinski definition) is 5. The molecule has 58 heavy (non-hydrogen) atoms. The summed E-state index contributed by atoms with van der Waals surface area (Å²) >= 11 is 0. The number of rotatable bonds is 12. The quantitative estimate of drug-likeness (QED) is 0.0604. The number of nitrogens with zero attached hydrogens (tertiary/aromatic N) is 3. The highest BCUT2D eigenvalue weighted by Crippen LogP contribution is 2.39. The van der Waals surface area contributed by atoms with Gasteiger partial charge in [-0.1, -0.05) is 76.7 Å². The highest BCUT2D eigenvalue weighted by molar-refractivity contribution is 7.59. The Morgan fingerprint density at radius 3 is 2.28 bits per heavy atom. The van der Waals surface area contributed by atoms with E-state index in [0.717, 1.165) is 58.1 Å². The van der Waals surface area contributed by atoms with Gasteiger partial charge in [-0.15, -0.1) is 0 Å². The second-order valence-electron chi connectivity index (χ2n) is 14.2. The number of aromatic amines is 2. The van der Waals surface area contributed by atoms with E-state index >= 15 is 0 Å². The third-order valence-corrected chi connectivity index (χ3v) is 9.07. The standard InChI is InChI=1S/C33H35N7O3.C7H13NO3.C3H8.H2S/c1-3-14-40(31(41)19-36-33(42)43-2)20-30-37-26-13-8-22(15-27(26)38-30)5-4-21-6-9-24(10-7-21)29-18-35-32(39-29)28-16-25(17-34-28)23-11-12-23;1-5(2)6(4-9)8-7(10)11-3;1-3-2;/h6-10,13,15-16,18,23,28,34H,3,11-12,14,17,19-20H2,1-2H3,(H,35,39)(H,36,42)(H,37,38);4-6H,1-3H3,(H,8,10);3H2,1-2H3;1H2. The Hall–Kier alpha value is -5.59. The van der Waals surface area contributed by atoms with Crippen LogP contribution in [0.4, 0.5) is 9.59 Å². The maximum absolute atomic E-state index is 12.6. The predicted molar refractivity (Wildman–Crippen MR) is 230 cm³/mol. The molecule has 2 aromatic carbocycles. The monoisotopic (exact) mass is 814 g/mol. The topological polar surface area (TPSA) is 183 Å². The van der Waals surface area contributed by atoms with Crippen LogP contribution in [0.5, 0.6) is 0 Å². The fourth-order valence-electron chi connectivity index (χ4n) is 5.83. The van der Waals surface area contributed by atoms with Crippen LogP contribution in [0.2, 0.25) is 0 Å². The lowest BCUT2D eigenvalue weighted by molar-refractivity contribution is -0.130. The average molecular weight is 815 g/mol. The largest absolute Gasteiger partial charge is 0.453 e. The zero-order valence-electron chi connectivity index (χ0n) is 34.5. The maximum atomic E-state index is 12.6. The molecule has 0 radical (unpaired) electrons. The van der Waals surface area contributed by atoms with Crippen molar-refractivity contribution in [3.63, 3.8) is 0 Å². The minimum atomic E-state index is -0.637. The lowest BCUT2D eigenvalue weighted by Crippen LogP contribution is -2.40. The van der Waals surface area contributed by atoms with E-state index in [-0.39, 0.29) is 37.9 Å². The third kappa shape index (κ3) is 14.1. The summed E-state index contributed by atoms with van der Waals surface area (Å²) in [6, 6.07) is 13.7. The predicted octanol–water partition coefficient (Wildman–Crippen LogP) is 6.52. The Balaban J connectivity index is 0.000000517. The molecule has 312 valence electrons. The Labute approximate surface area is 348 Å². The van der Waals surface area contributed by atoms with Crippen LogP contribution >= 0.6 is 13.5 Å². The van der Waals surface area contributed by atoms with Crippen LogP contribution in [0.15, 0.2) is 60.3 Å². The summed E-state index contributed by atoms with van der Waals surface area (Å²) in [6.45, 7) is 11.6. The van der Waals surface area contributed by atoms with Crippen molar-refractivity contribution in [3.05, 3.63) is 83.1 Å². The van der Waals surface area contributed by atoms with Crippen LogP contribution in [-0.4, -0.2) is 89.1 Å². The molecule has 3 heterocycles. The van der Waals surface area contributed by atoms with E-state index in [1.54, 1.807) is 4.90 Å². The summed E-state index contributed by atoms with van der Waals surface area (Å²) < 4.78 is 8.87. The van der Waals surface area contributed by atoms with E-state index < -0.39 is 18.2 Å². The molecule has 0 bridgehead atoms. The number of methoxy groups -OCH3 is 2. The number of H-pyrrole nitrogens is 2. The van der Waals surface area contributed by atoms with Gasteiger partial charge in [-0.2, -0.15) is 13.5 Å². The molecule has 2 aliphatic rings. The van der Waals surface area contributed by atoms with Crippen LogP contribution < -0.4 is 16.0 Å². The van der Waals surface area contributed by atoms with E-state index in [9.17, 15) is 19.2 Å². The fraction of sp³-hybridized carbons (Fsp3) is 0.442. The van der Waals surface area contributed by atoms with Crippen LogP contribution in [-0.2, 0) is 25.6 Å². The van der Waals surface area contributed by atoms with E-state index in [2.05, 4.69) is 89.3 Å². The average Bonchev–Trinajstić information content (AvgIpc) is 3.54. The Morgan fingerprint density at radius 1 is 0.983 bits per heavy atom. The first-order chi connectivity index (χ1) is 27.5. The maximum Gasteiger partial charge on any atom is 0.407 e. The van der Waals surface area contributed by atoms with Crippen molar-refractivity contribution in [2.45, 2.75) is 78.9 Å². The normalized spacial score (nSPS) is 14.5. The number of fused-ring (bicyclic) bond motifs is 1. The van der Waals surface area contributed by atoms with Crippen LogP contribution in [0.1, 0.15) is 89.1 Å². The van der Waals surface area contributed by atoms with Gasteiger partial charge < -0.3 is 45.1 Å². The molecule has 2 unspecified atom stereocenters. The van der Waals surface area contributed by atoms with Crippen molar-refractivity contribution in [3.8, 4) is 23.1 Å². The first-order valence-electron chi connectivity index (χ1n) is 19.5. The van der Waals surface area contributed by atoms with Crippen LogP contribution in [0.25, 0.3) is 22.3 Å². The van der Waals surface area contributed by atoms with E-state index in [0.29, 0.717) is 25.2 Å². The number of benzene rings is 2. The molecule has 0 saturated heterocycles. The summed E-state index contributed by atoms with van der Waals surface area (Å²) in [4.78, 5) is 62.6. The molecule has 1 aliphatic carbocycles. The molecular weight excluding hydrogens is 757 g/mol. The molecule has 0 spiro atoms. The number of aldehydes is 1. The highest BCUT2D eigenvalue weighted by Gasteiger charge is 2.30. The van der Waals surface area contributed by atoms with Gasteiger partial charge in [-0.25, -0.2) is 19.6 Å². The molecule has 2 aromatic heterocycles. The molecule has 2 atom stereocenters. The van der Waals surface area contributed by atoms with Gasteiger partial charge in [0.1, 0.15) is 24.5 Å². The number of alkyl carbamates (subject to hydrolysis) is 2. The summed E-state index contributed by atoms with van der Waals surface area (Å²) in [5.41, 5.74) is 7.00. The number of aromatic nitrogens is 4. The van der Waals surface area contributed by atoms with Crippen molar-refractivity contribution >= 4 is 48.9 Å². The van der Waals surface area contributed by atoms with Crippen LogP contribution in [0.3, 0.4) is 0 Å². The van der Waals surface area contributed by atoms with Gasteiger partial charge in [0.05, 0.1) is 55.8 Å². The number of imidazole rings is 2. The van der Waals surface area contributed by atoms with Gasteiger partial charge >= 0.3 is 12.2 Å². The fourth-order valence-corrected chi connectivity index (χ4v) is 5.83. The highest BCUT2D eigenvalue weighted by atomic mass is 32.1. The summed E-state index contributed by atoms with van der Waals surface area (Å²) in [5, 5.41) is 8.37.